The number of benzene rings is 1. The molecule has 1 aromatic rings. The summed E-state index contributed by atoms with van der Waals surface area (Å²) in [4.78, 5) is 11.7. The quantitative estimate of drug-likeness (QED) is 0.745. The molecule has 1 heterocycles. The number of nitrogens with zero attached hydrogens (tertiary/aromatic N) is 1. The van der Waals surface area contributed by atoms with Crippen molar-refractivity contribution in [1.29, 1.82) is 0 Å². The molecule has 1 atom stereocenters. The molecule has 0 aliphatic carbocycles. The van der Waals surface area contributed by atoms with E-state index in [1.165, 1.54) is 18.5 Å². The van der Waals surface area contributed by atoms with Crippen LogP contribution in [0.25, 0.3) is 0 Å². The van der Waals surface area contributed by atoms with Gasteiger partial charge < -0.3 is 14.2 Å². The van der Waals surface area contributed by atoms with E-state index >= 15 is 0 Å². The van der Waals surface area contributed by atoms with Crippen molar-refractivity contribution in [2.24, 2.45) is 0 Å². The van der Waals surface area contributed by atoms with Gasteiger partial charge >= 0.3 is 5.97 Å². The Bertz CT molecular complexity index is 700. The van der Waals surface area contributed by atoms with Crippen molar-refractivity contribution in [1.82, 2.24) is 4.31 Å². The lowest BCUT2D eigenvalue weighted by Gasteiger charge is -2.35. The van der Waals surface area contributed by atoms with Gasteiger partial charge in [-0.25, -0.2) is 8.42 Å². The van der Waals surface area contributed by atoms with Crippen molar-refractivity contribution in [2.75, 3.05) is 34.1 Å². The average molecular weight is 343 g/mol. The SMILES string of the molecule is COC(=O)C[C@@H]1c2cc(OC)c(OC)cc2CCN1S(C)(=O)=O. The normalized spacial score (nSPS) is 18.2. The number of hydrogen-bond acceptors (Lipinski definition) is 6. The summed E-state index contributed by atoms with van der Waals surface area (Å²) in [5.74, 6) is 0.610. The van der Waals surface area contributed by atoms with Gasteiger partial charge in [-0.05, 0) is 29.7 Å². The lowest BCUT2D eigenvalue weighted by molar-refractivity contribution is -0.141. The summed E-state index contributed by atoms with van der Waals surface area (Å²) in [6, 6.07) is 2.96. The number of hydrogen-bond donors (Lipinski definition) is 0. The molecular weight excluding hydrogens is 322 g/mol. The van der Waals surface area contributed by atoms with Gasteiger partial charge in [0.1, 0.15) is 0 Å². The molecule has 1 aromatic carbocycles. The first-order valence-electron chi connectivity index (χ1n) is 7.10. The largest absolute Gasteiger partial charge is 0.493 e. The van der Waals surface area contributed by atoms with Crippen LogP contribution in [-0.2, 0) is 26.0 Å². The third-order valence-corrected chi connectivity index (χ3v) is 5.26. The first kappa shape index (κ1) is 17.6. The Hall–Kier alpha value is -1.80. The van der Waals surface area contributed by atoms with E-state index < -0.39 is 22.0 Å². The van der Waals surface area contributed by atoms with Gasteiger partial charge in [0.2, 0.25) is 10.0 Å². The molecular formula is C15H21NO6S. The number of methoxy groups -OCH3 is 3. The van der Waals surface area contributed by atoms with E-state index in [2.05, 4.69) is 0 Å². The van der Waals surface area contributed by atoms with Crippen LogP contribution < -0.4 is 9.47 Å². The minimum atomic E-state index is -3.45. The van der Waals surface area contributed by atoms with Crippen molar-refractivity contribution >= 4 is 16.0 Å². The maximum atomic E-state index is 12.1. The Morgan fingerprint density at radius 3 is 2.35 bits per heavy atom. The average Bonchev–Trinajstić information content (AvgIpc) is 2.52. The van der Waals surface area contributed by atoms with Crippen LogP contribution in [0.3, 0.4) is 0 Å². The van der Waals surface area contributed by atoms with Gasteiger partial charge in [0.25, 0.3) is 0 Å². The monoisotopic (exact) mass is 343 g/mol. The number of carbonyl (C=O) groups excluding carboxylic acids is 1. The first-order valence-corrected chi connectivity index (χ1v) is 8.95. The first-order chi connectivity index (χ1) is 10.8. The molecule has 0 radical (unpaired) electrons. The molecule has 0 fully saturated rings. The summed E-state index contributed by atoms with van der Waals surface area (Å²) < 4.78 is 40.8. The van der Waals surface area contributed by atoms with Crippen LogP contribution in [0, 0.1) is 0 Å². The van der Waals surface area contributed by atoms with E-state index in [0.717, 1.165) is 17.4 Å². The summed E-state index contributed by atoms with van der Waals surface area (Å²) in [5.41, 5.74) is 1.68. The van der Waals surface area contributed by atoms with E-state index in [9.17, 15) is 13.2 Å². The zero-order chi connectivity index (χ0) is 17.2. The van der Waals surface area contributed by atoms with Crippen LogP contribution in [0.4, 0.5) is 0 Å². The summed E-state index contributed by atoms with van der Waals surface area (Å²) >= 11 is 0. The number of sulfonamides is 1. The minimum absolute atomic E-state index is 0.0496. The van der Waals surface area contributed by atoms with Gasteiger partial charge in [-0.3, -0.25) is 4.79 Å². The van der Waals surface area contributed by atoms with Crippen LogP contribution in [0.15, 0.2) is 12.1 Å². The fraction of sp³-hybridized carbons (Fsp3) is 0.533. The van der Waals surface area contributed by atoms with Gasteiger partial charge in [0.05, 0.1) is 40.0 Å². The zero-order valence-electron chi connectivity index (χ0n) is 13.7. The third-order valence-electron chi connectivity index (χ3n) is 3.97. The van der Waals surface area contributed by atoms with Crippen LogP contribution in [0.5, 0.6) is 11.5 Å². The second-order valence-corrected chi connectivity index (χ2v) is 7.26. The maximum Gasteiger partial charge on any atom is 0.307 e. The molecule has 23 heavy (non-hydrogen) atoms. The summed E-state index contributed by atoms with van der Waals surface area (Å²) in [5, 5.41) is 0. The van der Waals surface area contributed by atoms with Crippen LogP contribution in [0.2, 0.25) is 0 Å². The summed E-state index contributed by atoms with van der Waals surface area (Å²) in [6.07, 6.45) is 1.63. The molecule has 2 rings (SSSR count). The minimum Gasteiger partial charge on any atom is -0.493 e. The topological polar surface area (TPSA) is 82.1 Å². The molecule has 0 saturated heterocycles. The predicted octanol–water partition coefficient (Wildman–Crippen LogP) is 1.13. The molecule has 8 heteroatoms. The Morgan fingerprint density at radius 1 is 1.22 bits per heavy atom. The standard InChI is InChI=1S/C15H21NO6S/c1-20-13-7-10-5-6-16(23(4,18)19)12(9-15(17)22-3)11(10)8-14(13)21-2/h7-8,12H,5-6,9H2,1-4H3/t12-/m1/s1. The highest BCUT2D eigenvalue weighted by Crippen LogP contribution is 2.40. The maximum absolute atomic E-state index is 12.1. The lowest BCUT2D eigenvalue weighted by atomic mass is 9.91. The molecule has 0 N–H and O–H groups in total. The fourth-order valence-corrected chi connectivity index (χ4v) is 3.93. The van der Waals surface area contributed by atoms with E-state index in [-0.39, 0.29) is 6.42 Å². The molecule has 1 aliphatic heterocycles. The van der Waals surface area contributed by atoms with E-state index in [4.69, 9.17) is 14.2 Å². The molecule has 1 aliphatic rings. The van der Waals surface area contributed by atoms with E-state index in [1.807, 2.05) is 6.07 Å². The highest BCUT2D eigenvalue weighted by Gasteiger charge is 2.35. The molecule has 7 nitrogen and oxygen atoms in total. The zero-order valence-corrected chi connectivity index (χ0v) is 14.5. The second kappa shape index (κ2) is 6.76. The Morgan fingerprint density at radius 2 is 1.83 bits per heavy atom. The number of ether oxygens (including phenoxy) is 3. The third kappa shape index (κ3) is 3.59. The number of esters is 1. The summed E-state index contributed by atoms with van der Waals surface area (Å²) in [7, 11) is 0.884. The van der Waals surface area contributed by atoms with Gasteiger partial charge in [0, 0.05) is 6.54 Å². The Labute approximate surface area is 136 Å². The number of fused-ring (bicyclic) bond motifs is 1. The number of rotatable bonds is 5. The Kier molecular flexibility index (Phi) is 5.16. The summed E-state index contributed by atoms with van der Waals surface area (Å²) in [6.45, 7) is 0.309. The van der Waals surface area contributed by atoms with Crippen molar-refractivity contribution in [3.8, 4) is 11.5 Å². The van der Waals surface area contributed by atoms with E-state index in [1.54, 1.807) is 13.2 Å². The molecule has 0 unspecified atom stereocenters. The van der Waals surface area contributed by atoms with Gasteiger partial charge in [-0.15, -0.1) is 0 Å². The molecule has 0 spiro atoms. The van der Waals surface area contributed by atoms with Crippen LogP contribution in [0.1, 0.15) is 23.6 Å². The number of carbonyl (C=O) groups is 1. The van der Waals surface area contributed by atoms with Crippen molar-refractivity contribution in [2.45, 2.75) is 18.9 Å². The van der Waals surface area contributed by atoms with Gasteiger partial charge in [0.15, 0.2) is 11.5 Å². The van der Waals surface area contributed by atoms with Crippen LogP contribution in [-0.4, -0.2) is 52.8 Å². The van der Waals surface area contributed by atoms with Gasteiger partial charge in [-0.1, -0.05) is 0 Å². The molecule has 0 bridgehead atoms. The van der Waals surface area contributed by atoms with Crippen molar-refractivity contribution in [3.63, 3.8) is 0 Å². The highest BCUT2D eigenvalue weighted by molar-refractivity contribution is 7.88. The Balaban J connectivity index is 2.55. The van der Waals surface area contributed by atoms with E-state index in [0.29, 0.717) is 24.5 Å². The predicted molar refractivity (Wildman–Crippen MR) is 84.2 cm³/mol. The van der Waals surface area contributed by atoms with Crippen LogP contribution >= 0.6 is 0 Å². The smallest absolute Gasteiger partial charge is 0.307 e. The van der Waals surface area contributed by atoms with Gasteiger partial charge in [-0.2, -0.15) is 4.31 Å². The fourth-order valence-electron chi connectivity index (χ4n) is 2.86. The van der Waals surface area contributed by atoms with Crippen molar-refractivity contribution in [3.05, 3.63) is 23.3 Å². The molecule has 0 aromatic heterocycles. The highest BCUT2D eigenvalue weighted by atomic mass is 32.2. The second-order valence-electron chi connectivity index (χ2n) is 5.33. The molecule has 128 valence electrons. The molecule has 0 saturated carbocycles. The lowest BCUT2D eigenvalue weighted by Crippen LogP contribution is -2.40. The molecule has 0 amide bonds. The van der Waals surface area contributed by atoms with Crippen molar-refractivity contribution < 1.29 is 27.4 Å².